The first-order valence-corrected chi connectivity index (χ1v) is 7.14. The van der Waals surface area contributed by atoms with Crippen LogP contribution in [-0.2, 0) is 6.54 Å². The second kappa shape index (κ2) is 6.39. The fraction of sp³-hybridized carbons (Fsp3) is 0.733. The zero-order valence-corrected chi connectivity index (χ0v) is 11.9. The van der Waals surface area contributed by atoms with Crippen LogP contribution < -0.4 is 5.32 Å². The molecule has 0 aromatic carbocycles. The van der Waals surface area contributed by atoms with Crippen LogP contribution in [0.1, 0.15) is 38.0 Å². The van der Waals surface area contributed by atoms with Crippen molar-refractivity contribution >= 4 is 0 Å². The van der Waals surface area contributed by atoms with Gasteiger partial charge >= 0.3 is 0 Å². The number of nitrogens with zero attached hydrogens (tertiary/aromatic N) is 1. The van der Waals surface area contributed by atoms with E-state index < -0.39 is 0 Å². The highest BCUT2D eigenvalue weighted by atomic mass is 16.3. The van der Waals surface area contributed by atoms with E-state index in [1.165, 1.54) is 38.0 Å². The molecule has 18 heavy (non-hydrogen) atoms. The summed E-state index contributed by atoms with van der Waals surface area (Å²) in [6.45, 7) is 11.2. The monoisotopic (exact) mass is 250 g/mol. The quantitative estimate of drug-likeness (QED) is 0.871. The van der Waals surface area contributed by atoms with E-state index in [2.05, 4.69) is 37.1 Å². The number of piperidine rings is 1. The van der Waals surface area contributed by atoms with Gasteiger partial charge in [-0.2, -0.15) is 0 Å². The number of nitrogens with one attached hydrogen (secondary N) is 1. The molecular formula is C15H26N2O. The van der Waals surface area contributed by atoms with Crippen molar-refractivity contribution in [3.63, 3.8) is 0 Å². The highest BCUT2D eigenvalue weighted by Gasteiger charge is 2.20. The minimum Gasteiger partial charge on any atom is -0.468 e. The Labute approximate surface area is 111 Å². The molecule has 0 amide bonds. The summed E-state index contributed by atoms with van der Waals surface area (Å²) in [6, 6.07) is 2.63. The summed E-state index contributed by atoms with van der Waals surface area (Å²) in [5, 5.41) is 3.43. The van der Waals surface area contributed by atoms with Gasteiger partial charge in [0.25, 0.3) is 0 Å². The fourth-order valence-electron chi connectivity index (χ4n) is 2.60. The van der Waals surface area contributed by atoms with Crippen LogP contribution >= 0.6 is 0 Å². The second-order valence-corrected chi connectivity index (χ2v) is 5.74. The minimum absolute atomic E-state index is 0.574. The van der Waals surface area contributed by atoms with Gasteiger partial charge in [-0.1, -0.05) is 0 Å². The molecule has 3 nitrogen and oxygen atoms in total. The van der Waals surface area contributed by atoms with Crippen molar-refractivity contribution in [3.8, 4) is 0 Å². The van der Waals surface area contributed by atoms with Gasteiger partial charge < -0.3 is 9.73 Å². The van der Waals surface area contributed by atoms with E-state index in [0.29, 0.717) is 6.04 Å². The van der Waals surface area contributed by atoms with Crippen LogP contribution in [0, 0.1) is 12.8 Å². The largest absolute Gasteiger partial charge is 0.468 e. The van der Waals surface area contributed by atoms with Crippen LogP contribution in [0.5, 0.6) is 0 Å². The van der Waals surface area contributed by atoms with Crippen molar-refractivity contribution in [2.24, 2.45) is 5.92 Å². The van der Waals surface area contributed by atoms with Crippen LogP contribution in [0.25, 0.3) is 0 Å². The Hall–Kier alpha value is -0.800. The predicted molar refractivity (Wildman–Crippen MR) is 74.6 cm³/mol. The van der Waals surface area contributed by atoms with Gasteiger partial charge in [0.2, 0.25) is 0 Å². The lowest BCUT2D eigenvalue weighted by Gasteiger charge is -2.32. The Morgan fingerprint density at radius 2 is 2.11 bits per heavy atom. The van der Waals surface area contributed by atoms with E-state index in [1.807, 2.05) is 0 Å². The van der Waals surface area contributed by atoms with Crippen molar-refractivity contribution in [1.29, 1.82) is 0 Å². The number of hydrogen-bond acceptors (Lipinski definition) is 3. The molecule has 2 heterocycles. The lowest BCUT2D eigenvalue weighted by atomic mass is 9.97. The van der Waals surface area contributed by atoms with Crippen molar-refractivity contribution in [3.05, 3.63) is 23.7 Å². The third-order valence-electron chi connectivity index (χ3n) is 4.00. The van der Waals surface area contributed by atoms with Crippen LogP contribution in [0.2, 0.25) is 0 Å². The molecule has 1 aromatic rings. The second-order valence-electron chi connectivity index (χ2n) is 5.74. The average Bonchev–Trinajstić information content (AvgIpc) is 2.75. The molecule has 2 rings (SSSR count). The highest BCUT2D eigenvalue weighted by Crippen LogP contribution is 2.19. The summed E-state index contributed by atoms with van der Waals surface area (Å²) < 4.78 is 5.58. The first-order valence-electron chi connectivity index (χ1n) is 7.14. The summed E-state index contributed by atoms with van der Waals surface area (Å²) in [4.78, 5) is 2.54. The zero-order valence-electron chi connectivity index (χ0n) is 11.9. The topological polar surface area (TPSA) is 28.4 Å². The molecule has 1 saturated heterocycles. The summed E-state index contributed by atoms with van der Waals surface area (Å²) >= 11 is 0. The van der Waals surface area contributed by atoms with Gasteiger partial charge in [0.05, 0.1) is 12.8 Å². The molecule has 0 unspecified atom stereocenters. The molecular weight excluding hydrogens is 224 g/mol. The van der Waals surface area contributed by atoms with Crippen molar-refractivity contribution in [2.75, 3.05) is 19.6 Å². The minimum atomic E-state index is 0.574. The summed E-state index contributed by atoms with van der Waals surface area (Å²) in [7, 11) is 0. The smallest absolute Gasteiger partial charge is 0.120 e. The molecule has 1 aromatic heterocycles. The van der Waals surface area contributed by atoms with Crippen molar-refractivity contribution in [1.82, 2.24) is 10.2 Å². The molecule has 1 aliphatic heterocycles. The van der Waals surface area contributed by atoms with E-state index in [-0.39, 0.29) is 0 Å². The Kier molecular flexibility index (Phi) is 4.84. The molecule has 0 bridgehead atoms. The van der Waals surface area contributed by atoms with Crippen LogP contribution in [0.15, 0.2) is 16.7 Å². The van der Waals surface area contributed by atoms with Crippen LogP contribution in [0.3, 0.4) is 0 Å². The van der Waals surface area contributed by atoms with E-state index in [4.69, 9.17) is 4.42 Å². The molecule has 0 aliphatic carbocycles. The molecule has 0 spiro atoms. The average molecular weight is 250 g/mol. The first-order chi connectivity index (χ1) is 8.66. The fourth-order valence-corrected chi connectivity index (χ4v) is 2.60. The maximum atomic E-state index is 5.58. The first kappa shape index (κ1) is 13.6. The Morgan fingerprint density at radius 3 is 2.67 bits per heavy atom. The third-order valence-corrected chi connectivity index (χ3v) is 4.00. The lowest BCUT2D eigenvalue weighted by Crippen LogP contribution is -2.39. The SMILES string of the molecule is Cc1ccoc1CN(CC1CCNCC1)C(C)C. The molecule has 0 radical (unpaired) electrons. The lowest BCUT2D eigenvalue weighted by molar-refractivity contribution is 0.151. The van der Waals surface area contributed by atoms with Gasteiger partial charge in [0.15, 0.2) is 0 Å². The van der Waals surface area contributed by atoms with E-state index in [0.717, 1.165) is 18.2 Å². The molecule has 1 aliphatic rings. The van der Waals surface area contributed by atoms with Crippen LogP contribution in [0.4, 0.5) is 0 Å². The molecule has 102 valence electrons. The van der Waals surface area contributed by atoms with Gasteiger partial charge in [0.1, 0.15) is 5.76 Å². The maximum Gasteiger partial charge on any atom is 0.120 e. The van der Waals surface area contributed by atoms with Gasteiger partial charge in [-0.25, -0.2) is 0 Å². The number of rotatable bonds is 5. The summed E-state index contributed by atoms with van der Waals surface area (Å²) in [5.74, 6) is 1.96. The third kappa shape index (κ3) is 3.59. The maximum absolute atomic E-state index is 5.58. The van der Waals surface area contributed by atoms with Crippen LogP contribution in [-0.4, -0.2) is 30.6 Å². The molecule has 1 fully saturated rings. The zero-order chi connectivity index (χ0) is 13.0. The molecule has 0 saturated carbocycles. The Bertz CT molecular complexity index is 353. The Morgan fingerprint density at radius 1 is 1.39 bits per heavy atom. The number of aryl methyl sites for hydroxylation is 1. The standard InChI is InChI=1S/C15H26N2O/c1-12(2)17(10-14-4-7-16-8-5-14)11-15-13(3)6-9-18-15/h6,9,12,14,16H,4-5,7-8,10-11H2,1-3H3. The Balaban J connectivity index is 1.93. The van der Waals surface area contributed by atoms with E-state index >= 15 is 0 Å². The summed E-state index contributed by atoms with van der Waals surface area (Å²) in [5.41, 5.74) is 1.27. The van der Waals surface area contributed by atoms with Gasteiger partial charge in [-0.3, -0.25) is 4.90 Å². The van der Waals surface area contributed by atoms with Gasteiger partial charge in [-0.15, -0.1) is 0 Å². The van der Waals surface area contributed by atoms with Crippen molar-refractivity contribution in [2.45, 2.75) is 46.2 Å². The highest BCUT2D eigenvalue weighted by molar-refractivity contribution is 5.14. The number of hydrogen-bond donors (Lipinski definition) is 1. The van der Waals surface area contributed by atoms with Gasteiger partial charge in [0, 0.05) is 12.6 Å². The summed E-state index contributed by atoms with van der Waals surface area (Å²) in [6.07, 6.45) is 4.41. The molecule has 3 heteroatoms. The molecule has 1 N–H and O–H groups in total. The normalized spacial score (nSPS) is 17.8. The molecule has 0 atom stereocenters. The van der Waals surface area contributed by atoms with Gasteiger partial charge in [-0.05, 0) is 64.3 Å². The van der Waals surface area contributed by atoms with E-state index in [1.54, 1.807) is 6.26 Å². The number of furan rings is 1. The van der Waals surface area contributed by atoms with E-state index in [9.17, 15) is 0 Å². The van der Waals surface area contributed by atoms with Crippen molar-refractivity contribution < 1.29 is 4.42 Å². The predicted octanol–water partition coefficient (Wildman–Crippen LogP) is 2.80.